The Balaban J connectivity index is 3.47. The highest BCUT2D eigenvalue weighted by Crippen LogP contribution is 2.22. The van der Waals surface area contributed by atoms with Crippen LogP contribution in [0.1, 0.15) is 69.1 Å². The SMILES string of the molecule is C=C(C)C(=O)OCCOC(=O)c1cc(C(=O)OCCOC(=O)C(=C)C)c(C(=O)OCCOC(=O)C(=C)C)cc1C(=O)OCCOC(=O)C(=C)C. The number of benzene rings is 1. The first kappa shape index (κ1) is 42.0. The molecule has 0 aromatic heterocycles. The van der Waals surface area contributed by atoms with Crippen molar-refractivity contribution in [3.05, 3.63) is 83.0 Å². The Hall–Kier alpha value is -6.06. The predicted molar refractivity (Wildman–Crippen MR) is 171 cm³/mol. The summed E-state index contributed by atoms with van der Waals surface area (Å²) in [7, 11) is 0. The van der Waals surface area contributed by atoms with Crippen molar-refractivity contribution in [1.29, 1.82) is 0 Å². The molecular formula is C34H38O16. The summed E-state index contributed by atoms with van der Waals surface area (Å²) in [6.45, 7) is 15.7. The largest absolute Gasteiger partial charge is 0.459 e. The van der Waals surface area contributed by atoms with Gasteiger partial charge in [-0.15, -0.1) is 0 Å². The molecule has 0 fully saturated rings. The van der Waals surface area contributed by atoms with Crippen molar-refractivity contribution in [3.8, 4) is 0 Å². The molecule has 0 spiro atoms. The van der Waals surface area contributed by atoms with Gasteiger partial charge in [0.2, 0.25) is 0 Å². The molecule has 0 saturated heterocycles. The predicted octanol–water partition coefficient (Wildman–Crippen LogP) is 2.79. The number of esters is 8. The number of hydrogen-bond acceptors (Lipinski definition) is 16. The zero-order valence-electron chi connectivity index (χ0n) is 28.2. The molecule has 0 unspecified atom stereocenters. The van der Waals surface area contributed by atoms with Crippen molar-refractivity contribution in [1.82, 2.24) is 0 Å². The van der Waals surface area contributed by atoms with Crippen LogP contribution in [0.15, 0.2) is 60.7 Å². The lowest BCUT2D eigenvalue weighted by Gasteiger charge is -2.15. The Labute approximate surface area is 287 Å². The van der Waals surface area contributed by atoms with Crippen LogP contribution in [0.2, 0.25) is 0 Å². The number of rotatable bonds is 20. The summed E-state index contributed by atoms with van der Waals surface area (Å²) < 4.78 is 40.0. The fraction of sp³-hybridized carbons (Fsp3) is 0.353. The molecule has 16 heteroatoms. The van der Waals surface area contributed by atoms with Crippen molar-refractivity contribution in [2.24, 2.45) is 0 Å². The second kappa shape index (κ2) is 21.0. The summed E-state index contributed by atoms with van der Waals surface area (Å²) in [5, 5.41) is 0. The molecule has 0 radical (unpaired) electrons. The molecule has 50 heavy (non-hydrogen) atoms. The third kappa shape index (κ3) is 14.4. The van der Waals surface area contributed by atoms with E-state index in [4.69, 9.17) is 37.9 Å². The Morgan fingerprint density at radius 1 is 0.360 bits per heavy atom. The zero-order valence-corrected chi connectivity index (χ0v) is 28.2. The minimum Gasteiger partial charge on any atom is -0.459 e. The van der Waals surface area contributed by atoms with Crippen LogP contribution >= 0.6 is 0 Å². The molecule has 1 aromatic carbocycles. The van der Waals surface area contributed by atoms with E-state index in [2.05, 4.69) is 26.3 Å². The van der Waals surface area contributed by atoms with Crippen molar-refractivity contribution in [3.63, 3.8) is 0 Å². The molecule has 0 saturated carbocycles. The Morgan fingerprint density at radius 3 is 0.680 bits per heavy atom. The van der Waals surface area contributed by atoms with Crippen LogP contribution in [0.25, 0.3) is 0 Å². The topological polar surface area (TPSA) is 210 Å². The molecule has 0 aliphatic carbocycles. The molecule has 0 atom stereocenters. The maximum absolute atomic E-state index is 13.2. The van der Waals surface area contributed by atoms with Crippen molar-refractivity contribution < 1.29 is 76.3 Å². The van der Waals surface area contributed by atoms with Crippen LogP contribution in [0.3, 0.4) is 0 Å². The lowest BCUT2D eigenvalue weighted by molar-refractivity contribution is -0.140. The second-order valence-corrected chi connectivity index (χ2v) is 10.2. The minimum atomic E-state index is -1.21. The zero-order chi connectivity index (χ0) is 38.0. The average molecular weight is 703 g/mol. The van der Waals surface area contributed by atoms with E-state index >= 15 is 0 Å². The lowest BCUT2D eigenvalue weighted by atomic mass is 9.98. The third-order valence-electron chi connectivity index (χ3n) is 5.63. The quantitative estimate of drug-likeness (QED) is 0.0827. The molecule has 0 amide bonds. The molecule has 270 valence electrons. The number of carbonyl (C=O) groups excluding carboxylic acids is 8. The second-order valence-electron chi connectivity index (χ2n) is 10.2. The first-order chi connectivity index (χ1) is 23.5. The van der Waals surface area contributed by atoms with E-state index in [1.54, 1.807) is 0 Å². The highest BCUT2D eigenvalue weighted by atomic mass is 16.6. The summed E-state index contributed by atoms with van der Waals surface area (Å²) in [4.78, 5) is 99.3. The van der Waals surface area contributed by atoms with E-state index in [1.165, 1.54) is 27.7 Å². The first-order valence-electron chi connectivity index (χ1n) is 14.6. The van der Waals surface area contributed by atoms with Crippen LogP contribution < -0.4 is 0 Å². The molecule has 0 N–H and O–H groups in total. The Morgan fingerprint density at radius 2 is 0.520 bits per heavy atom. The van der Waals surface area contributed by atoms with Crippen molar-refractivity contribution in [2.75, 3.05) is 52.9 Å². The molecule has 1 rings (SSSR count). The van der Waals surface area contributed by atoms with Gasteiger partial charge in [0.25, 0.3) is 0 Å². The highest BCUT2D eigenvalue weighted by molar-refractivity contribution is 6.10. The molecule has 16 nitrogen and oxygen atoms in total. The van der Waals surface area contributed by atoms with Gasteiger partial charge in [-0.2, -0.15) is 0 Å². The molecule has 0 heterocycles. The van der Waals surface area contributed by atoms with Gasteiger partial charge in [-0.05, 0) is 39.8 Å². The number of ether oxygens (including phenoxy) is 8. The summed E-state index contributed by atoms with van der Waals surface area (Å²) in [6.07, 6.45) is 0. The highest BCUT2D eigenvalue weighted by Gasteiger charge is 2.29. The Bertz CT molecular complexity index is 1340. The lowest BCUT2D eigenvalue weighted by Crippen LogP contribution is -2.23. The third-order valence-corrected chi connectivity index (χ3v) is 5.63. The van der Waals surface area contributed by atoms with Crippen molar-refractivity contribution >= 4 is 47.8 Å². The maximum atomic E-state index is 13.2. The molecular weight excluding hydrogens is 664 g/mol. The standard InChI is InChI=1S/C34H38O16/c1-19(2)27(35)43-9-13-47-31(39)23-17-25(33(41)49-15-11-45-29(37)21(5)6)26(34(42)50-16-12-46-30(38)22(7)8)18-24(23)32(40)48-14-10-44-28(36)20(3)4/h17-18H,1,3,5,7,9-16H2,2,4,6,8H3. The summed E-state index contributed by atoms with van der Waals surface area (Å²) >= 11 is 0. The van der Waals surface area contributed by atoms with Crippen LogP contribution in [0, 0.1) is 0 Å². The van der Waals surface area contributed by atoms with E-state index in [0.29, 0.717) is 0 Å². The molecule has 0 aliphatic heterocycles. The van der Waals surface area contributed by atoms with Gasteiger partial charge in [0.15, 0.2) is 0 Å². The summed E-state index contributed by atoms with van der Waals surface area (Å²) in [5.74, 6) is -7.88. The van der Waals surface area contributed by atoms with Gasteiger partial charge >= 0.3 is 47.8 Å². The van der Waals surface area contributed by atoms with Gasteiger partial charge in [-0.1, -0.05) is 26.3 Å². The van der Waals surface area contributed by atoms with Crippen LogP contribution in [0.4, 0.5) is 0 Å². The van der Waals surface area contributed by atoms with Gasteiger partial charge in [-0.25, -0.2) is 38.4 Å². The number of carbonyl (C=O) groups is 8. The van der Waals surface area contributed by atoms with E-state index in [9.17, 15) is 38.4 Å². The Kier molecular flexibility index (Phi) is 17.6. The molecule has 0 bridgehead atoms. The van der Waals surface area contributed by atoms with Gasteiger partial charge < -0.3 is 37.9 Å². The van der Waals surface area contributed by atoms with Gasteiger partial charge in [0.05, 0.1) is 22.3 Å². The summed E-state index contributed by atoms with van der Waals surface area (Å²) in [6, 6.07) is 1.61. The fourth-order valence-electron chi connectivity index (χ4n) is 3.15. The van der Waals surface area contributed by atoms with E-state index in [0.717, 1.165) is 12.1 Å². The van der Waals surface area contributed by atoms with Crippen LogP contribution in [-0.4, -0.2) is 101 Å². The van der Waals surface area contributed by atoms with Gasteiger partial charge in [0.1, 0.15) is 52.9 Å². The van der Waals surface area contributed by atoms with Gasteiger partial charge in [-0.3, -0.25) is 0 Å². The monoisotopic (exact) mass is 702 g/mol. The van der Waals surface area contributed by atoms with E-state index in [1.807, 2.05) is 0 Å². The summed E-state index contributed by atoms with van der Waals surface area (Å²) in [5.41, 5.74) is -2.01. The normalized spacial score (nSPS) is 10.0. The van der Waals surface area contributed by atoms with Gasteiger partial charge in [0, 0.05) is 22.3 Å². The number of hydrogen-bond donors (Lipinski definition) is 0. The maximum Gasteiger partial charge on any atom is 0.339 e. The molecule has 1 aromatic rings. The smallest absolute Gasteiger partial charge is 0.339 e. The van der Waals surface area contributed by atoms with E-state index < -0.39 is 123 Å². The first-order valence-corrected chi connectivity index (χ1v) is 14.6. The van der Waals surface area contributed by atoms with Crippen LogP contribution in [-0.2, 0) is 57.1 Å². The van der Waals surface area contributed by atoms with E-state index in [-0.39, 0.29) is 22.3 Å². The average Bonchev–Trinajstić information content (AvgIpc) is 3.06. The molecule has 0 aliphatic rings. The van der Waals surface area contributed by atoms with Crippen molar-refractivity contribution in [2.45, 2.75) is 27.7 Å². The fourth-order valence-corrected chi connectivity index (χ4v) is 3.15. The van der Waals surface area contributed by atoms with Crippen LogP contribution in [0.5, 0.6) is 0 Å². The minimum absolute atomic E-state index is 0.0873.